The molecule has 0 aliphatic carbocycles. The zero-order valence-corrected chi connectivity index (χ0v) is 27.2. The molecule has 0 aromatic carbocycles. The summed E-state index contributed by atoms with van der Waals surface area (Å²) >= 11 is 0. The van der Waals surface area contributed by atoms with Gasteiger partial charge in [-0.05, 0) is 26.7 Å². The van der Waals surface area contributed by atoms with Gasteiger partial charge < -0.3 is 55.4 Å². The Hall–Kier alpha value is -1.26. The number of unbranched alkanes of at least 4 members (excludes halogenated alkanes) is 9. The highest BCUT2D eigenvalue weighted by Gasteiger charge is 2.74. The molecule has 3 unspecified atom stereocenters. The van der Waals surface area contributed by atoms with Gasteiger partial charge in [-0.3, -0.25) is 9.59 Å². The van der Waals surface area contributed by atoms with Gasteiger partial charge in [0.25, 0.3) is 0 Å². The summed E-state index contributed by atoms with van der Waals surface area (Å²) in [6, 6.07) is 0. The van der Waals surface area contributed by atoms with Gasteiger partial charge in [-0.15, -0.1) is 0 Å². The van der Waals surface area contributed by atoms with Crippen molar-refractivity contribution in [2.75, 3.05) is 0 Å². The van der Waals surface area contributed by atoms with E-state index in [4.69, 9.17) is 9.47 Å². The number of carbonyl (C=O) groups is 2. The summed E-state index contributed by atoms with van der Waals surface area (Å²) in [5.74, 6) is -3.45. The first kappa shape index (κ1) is 39.9. The summed E-state index contributed by atoms with van der Waals surface area (Å²) < 4.78 is 11.6. The predicted molar refractivity (Wildman–Crippen MR) is 162 cm³/mol. The first-order valence-electron chi connectivity index (χ1n) is 16.7. The Labute approximate surface area is 266 Å². The summed E-state index contributed by atoms with van der Waals surface area (Å²) in [7, 11) is 0. The molecule has 13 heteroatoms. The molecule has 2 aliphatic rings. The van der Waals surface area contributed by atoms with E-state index >= 15 is 0 Å². The Morgan fingerprint density at radius 2 is 1.07 bits per heavy atom. The van der Waals surface area contributed by atoms with Crippen molar-refractivity contribution in [2.45, 2.75) is 184 Å². The Kier molecular flexibility index (Phi) is 15.8. The smallest absolute Gasteiger partial charge is 0.323 e. The number of aliphatic hydroxyl groups is 8. The van der Waals surface area contributed by atoms with Crippen molar-refractivity contribution in [3.63, 3.8) is 0 Å². The number of carbonyl (C=O) groups excluding carboxylic acids is 1. The molecule has 0 saturated carbocycles. The summed E-state index contributed by atoms with van der Waals surface area (Å²) in [5, 5.41) is 99.6. The zero-order valence-electron chi connectivity index (χ0n) is 27.2. The van der Waals surface area contributed by atoms with E-state index in [0.717, 1.165) is 38.5 Å². The fourth-order valence-corrected chi connectivity index (χ4v) is 6.94. The number of rotatable bonds is 19. The quantitative estimate of drug-likeness (QED) is 0.0688. The van der Waals surface area contributed by atoms with Crippen LogP contribution in [0.25, 0.3) is 0 Å². The summed E-state index contributed by atoms with van der Waals surface area (Å²) in [6.45, 7) is 6.66. The predicted octanol–water partition coefficient (Wildman–Crippen LogP) is 0.570. The third-order valence-corrected chi connectivity index (χ3v) is 9.81. The maximum absolute atomic E-state index is 14.5. The molecular weight excluding hydrogens is 592 g/mol. The Morgan fingerprint density at radius 3 is 1.56 bits per heavy atom. The summed E-state index contributed by atoms with van der Waals surface area (Å²) in [5.41, 5.74) is -6.24. The molecule has 13 atom stereocenters. The van der Waals surface area contributed by atoms with Crippen LogP contribution in [0, 0.1) is 5.41 Å². The van der Waals surface area contributed by atoms with Crippen molar-refractivity contribution in [1.82, 2.24) is 0 Å². The van der Waals surface area contributed by atoms with E-state index in [1.165, 1.54) is 13.8 Å². The molecule has 9 N–H and O–H groups in total. The number of aliphatic hydroxyl groups excluding tert-OH is 7. The van der Waals surface area contributed by atoms with Crippen molar-refractivity contribution in [3.8, 4) is 0 Å². The number of carboxylic acids is 1. The van der Waals surface area contributed by atoms with Crippen molar-refractivity contribution in [1.29, 1.82) is 0 Å². The molecule has 0 aromatic heterocycles. The van der Waals surface area contributed by atoms with Crippen LogP contribution in [0.15, 0.2) is 0 Å². The van der Waals surface area contributed by atoms with E-state index in [1.54, 1.807) is 0 Å². The molecule has 0 aromatic rings. The van der Waals surface area contributed by atoms with Crippen molar-refractivity contribution in [3.05, 3.63) is 0 Å². The van der Waals surface area contributed by atoms with Gasteiger partial charge in [0, 0.05) is 0 Å². The second-order valence-corrected chi connectivity index (χ2v) is 13.1. The van der Waals surface area contributed by atoms with Gasteiger partial charge in [0.15, 0.2) is 11.2 Å². The minimum Gasteiger partial charge on any atom is -0.480 e. The van der Waals surface area contributed by atoms with Gasteiger partial charge in [0.2, 0.25) is 0 Å². The first-order valence-corrected chi connectivity index (χ1v) is 16.7. The van der Waals surface area contributed by atoms with Gasteiger partial charge in [0.05, 0.1) is 12.2 Å². The lowest BCUT2D eigenvalue weighted by molar-refractivity contribution is -0.312. The number of hydrogen-bond acceptors (Lipinski definition) is 12. The summed E-state index contributed by atoms with van der Waals surface area (Å²) in [4.78, 5) is 28.1. The van der Waals surface area contributed by atoms with Gasteiger partial charge in [-0.2, -0.15) is 0 Å². The topological polar surface area (TPSA) is 235 Å². The van der Waals surface area contributed by atoms with Gasteiger partial charge >= 0.3 is 5.97 Å². The molecule has 45 heavy (non-hydrogen) atoms. The van der Waals surface area contributed by atoms with Crippen LogP contribution in [0.2, 0.25) is 0 Å². The van der Waals surface area contributed by atoms with Crippen molar-refractivity contribution in [2.24, 2.45) is 5.41 Å². The average molecular weight is 651 g/mol. The fourth-order valence-electron chi connectivity index (χ4n) is 6.94. The molecule has 13 nitrogen and oxygen atoms in total. The van der Waals surface area contributed by atoms with Gasteiger partial charge in [-0.25, -0.2) is 0 Å². The highest BCUT2D eigenvalue weighted by molar-refractivity contribution is 6.07. The lowest BCUT2D eigenvalue weighted by Gasteiger charge is -2.56. The number of Topliss-reactive ketones (excluding diaryl/α,β-unsaturated/α-hetero) is 1. The third-order valence-electron chi connectivity index (χ3n) is 9.81. The standard InChI is InChI=1S/C32H58O13/c1-5-7-9-11-12-14-16-20(33)27(40)32(30(41)42,29-26(39)24(37)22(35)19(4)45-29)31(43,17-15-13-10-8-6-2)28-25(38)23(36)21(34)18(3)44-28/h18-26,28-29,33-39,43H,5-17H2,1-4H3,(H,41,42)/t18-,19-,20?,21-,22-,23+,24+,25+,26+,28+,29+,31?,32?/m0/s1. The van der Waals surface area contributed by atoms with E-state index in [0.29, 0.717) is 25.7 Å². The van der Waals surface area contributed by atoms with Crippen LogP contribution in [-0.2, 0) is 19.1 Å². The van der Waals surface area contributed by atoms with Crippen LogP contribution >= 0.6 is 0 Å². The molecule has 2 heterocycles. The maximum Gasteiger partial charge on any atom is 0.323 e. The second kappa shape index (κ2) is 17.8. The SMILES string of the molecule is CCCCCCCCC(O)C(=O)C(C(=O)O)([C@@H]1O[C@@H](C)[C@H](O)[C@@H](O)[C@H]1O)C(O)(CCCCCCC)[C@@H]1O[C@@H](C)[C@H](O)[C@@H](O)[C@H]1O. The van der Waals surface area contributed by atoms with E-state index in [9.17, 15) is 55.5 Å². The molecule has 2 fully saturated rings. The van der Waals surface area contributed by atoms with Crippen LogP contribution < -0.4 is 0 Å². The maximum atomic E-state index is 14.5. The van der Waals surface area contributed by atoms with Gasteiger partial charge in [0.1, 0.15) is 60.5 Å². The van der Waals surface area contributed by atoms with E-state index in [2.05, 4.69) is 6.92 Å². The third kappa shape index (κ3) is 8.43. The van der Waals surface area contributed by atoms with E-state index in [1.807, 2.05) is 6.92 Å². The summed E-state index contributed by atoms with van der Waals surface area (Å²) in [6.07, 6.45) is -13.3. The van der Waals surface area contributed by atoms with Crippen molar-refractivity contribution >= 4 is 11.8 Å². The van der Waals surface area contributed by atoms with Crippen molar-refractivity contribution < 1.29 is 65.0 Å². The Morgan fingerprint density at radius 1 is 0.644 bits per heavy atom. The van der Waals surface area contributed by atoms with E-state index in [-0.39, 0.29) is 12.8 Å². The molecule has 0 radical (unpaired) electrons. The normalized spacial score (nSPS) is 35.7. The minimum absolute atomic E-state index is 0.107. The van der Waals surface area contributed by atoms with E-state index < -0.39 is 96.3 Å². The average Bonchev–Trinajstić information content (AvgIpc) is 3.00. The molecule has 2 saturated heterocycles. The fraction of sp³-hybridized carbons (Fsp3) is 0.938. The van der Waals surface area contributed by atoms with Crippen LogP contribution in [0.4, 0.5) is 0 Å². The Bertz CT molecular complexity index is 919. The molecule has 264 valence electrons. The monoisotopic (exact) mass is 650 g/mol. The van der Waals surface area contributed by atoms with Crippen LogP contribution in [-0.4, -0.2) is 130 Å². The lowest BCUT2D eigenvalue weighted by atomic mass is 9.56. The zero-order chi connectivity index (χ0) is 34.1. The molecule has 2 aliphatic heterocycles. The second-order valence-electron chi connectivity index (χ2n) is 13.1. The number of carboxylic acid groups (broad SMARTS) is 1. The highest BCUT2D eigenvalue weighted by Crippen LogP contribution is 2.51. The number of ether oxygens (including phenoxy) is 2. The van der Waals surface area contributed by atoms with Gasteiger partial charge in [-0.1, -0.05) is 84.5 Å². The molecule has 0 bridgehead atoms. The van der Waals surface area contributed by atoms with Crippen LogP contribution in [0.3, 0.4) is 0 Å². The number of ketones is 1. The largest absolute Gasteiger partial charge is 0.480 e. The lowest BCUT2D eigenvalue weighted by Crippen LogP contribution is -2.78. The molecule has 0 amide bonds. The molecule has 2 rings (SSSR count). The minimum atomic E-state index is -3.28. The molecular formula is C32H58O13. The Balaban J connectivity index is 2.74. The molecule has 0 spiro atoms. The van der Waals surface area contributed by atoms with Crippen LogP contribution in [0.5, 0.6) is 0 Å². The highest BCUT2D eigenvalue weighted by atomic mass is 16.6. The van der Waals surface area contributed by atoms with Crippen LogP contribution in [0.1, 0.15) is 111 Å². The number of hydrogen-bond donors (Lipinski definition) is 9. The first-order chi connectivity index (χ1) is 21.1. The number of aliphatic carboxylic acids is 1.